The number of aromatic nitrogens is 6. The first-order chi connectivity index (χ1) is 46.3. The highest BCUT2D eigenvalue weighted by Gasteiger charge is 2.37. The summed E-state index contributed by atoms with van der Waals surface area (Å²) in [4.78, 5) is 107. The van der Waals surface area contributed by atoms with Gasteiger partial charge in [0, 0.05) is 71.3 Å². The Morgan fingerprint density at radius 1 is 0.670 bits per heavy atom. The second kappa shape index (κ2) is 32.6. The van der Waals surface area contributed by atoms with Gasteiger partial charge in [-0.3, -0.25) is 34.0 Å². The molecule has 2 heterocycles. The molecule has 0 radical (unpaired) electrons. The second-order valence-corrected chi connectivity index (χ2v) is 28.1. The van der Waals surface area contributed by atoms with Crippen LogP contribution in [0.25, 0.3) is 33.9 Å². The predicted octanol–water partition coefficient (Wildman–Crippen LogP) is 9.25. The number of alkyl carbamates (subject to hydrolysis) is 1. The Bertz CT molecular complexity index is 4290. The number of hydrogen-bond donors (Lipinski definition) is 11. The Morgan fingerprint density at radius 2 is 1.24 bits per heavy atom. The summed E-state index contributed by atoms with van der Waals surface area (Å²) in [5, 5.41) is 32.7. The maximum Gasteiger partial charge on any atom is 0.407 e. The first-order valence-corrected chi connectivity index (χ1v) is 34.3. The molecule has 10 rings (SSSR count). The first-order valence-electron chi connectivity index (χ1n) is 32.0. The summed E-state index contributed by atoms with van der Waals surface area (Å²) >= 11 is 3.47. The number of carboxylic acid groups (broad SMARTS) is 1. The van der Waals surface area contributed by atoms with E-state index < -0.39 is 63.1 Å². The monoisotopic (exact) mass is 1410 g/mol. The standard InChI is InChI=1S/C40H43N7O7S.C30H37BrN6O5/c1-25-10-19-33(55(53,54)42-24-26-6-3-2-4-7-26)22-34(25)31-9-5-8-28(20-31)21-35(44-37(48)30-13-11-27(12-14-30)23-41-40(51)52)38(49)43-32-17-15-29(16-18-32)36-45-39(50)47-46-36;1-30(2,3)42-29(41)33-17-18-7-9-21(10-8-18)27(39)37(24(25(32)38)16-19-5-4-6-22(31)15-19)23-13-11-20(12-14-23)26-34-28(40)36-35-26/h2-10,15-20,22,27,30,35,41-42H,11-14,21,23-24H2,1H3,(H,43,49)(H,44,48)(H,51,52)(H2,45,46,47,50);4-6,11-15,18,21,24H,7-10,16-17H2,1-3H3,(H2,32,38)(H,33,41)(H2,34,35,36,40)/t27?,30?,35-;18?,21?,24-/m00/s1. The van der Waals surface area contributed by atoms with E-state index in [1.807, 2.05) is 107 Å². The lowest BCUT2D eigenvalue weighted by Gasteiger charge is -2.36. The van der Waals surface area contributed by atoms with Crippen molar-refractivity contribution in [3.05, 3.63) is 193 Å². The molecule has 2 fully saturated rings. The number of benzene rings is 6. The maximum atomic E-state index is 14.1. The Kier molecular flexibility index (Phi) is 24.0. The topological polar surface area (TPSA) is 379 Å². The second-order valence-electron chi connectivity index (χ2n) is 25.4. The molecule has 97 heavy (non-hydrogen) atoms. The average molecular weight is 1410 g/mol. The van der Waals surface area contributed by atoms with E-state index in [1.54, 1.807) is 66.7 Å². The van der Waals surface area contributed by atoms with Crippen molar-refractivity contribution in [1.82, 2.24) is 51.0 Å². The van der Waals surface area contributed by atoms with E-state index in [0.717, 1.165) is 45.1 Å². The Morgan fingerprint density at radius 3 is 1.80 bits per heavy atom. The van der Waals surface area contributed by atoms with Gasteiger partial charge in [-0.15, -0.1) is 0 Å². The zero-order valence-electron chi connectivity index (χ0n) is 54.2. The molecule has 8 aromatic rings. The number of hydrogen-bond acceptors (Lipinski definition) is 13. The van der Waals surface area contributed by atoms with Gasteiger partial charge in [0.1, 0.15) is 17.7 Å². The molecule has 2 aliphatic rings. The molecular weight excluding hydrogens is 1330 g/mol. The Labute approximate surface area is 569 Å². The van der Waals surface area contributed by atoms with E-state index >= 15 is 0 Å². The highest BCUT2D eigenvalue weighted by atomic mass is 79.9. The molecule has 0 spiro atoms. The SMILES string of the molecule is CC(C)(C)OC(=O)NCC1CCC(C(=O)N(c2ccc(-c3n[nH]c(=O)[nH]3)cc2)[C@@H](Cc2cccc(Br)c2)C(N)=O)CC1.Cc1ccc(S(=O)(=O)NCc2ccccc2)cc1-c1cccc(C[C@H](NC(=O)C2CCC(CNC(=O)O)CC2)C(=O)Nc2ccc(-c3n[nH]c(=O)[nH]3)cc2)c1. The van der Waals surface area contributed by atoms with Crippen LogP contribution in [0.5, 0.6) is 0 Å². The number of amides is 6. The fourth-order valence-corrected chi connectivity index (χ4v) is 13.4. The molecule has 6 amide bonds. The number of carbonyl (C=O) groups is 6. The summed E-state index contributed by atoms with van der Waals surface area (Å²) < 4.78 is 35.5. The number of sulfonamides is 1. The van der Waals surface area contributed by atoms with Gasteiger partial charge < -0.3 is 36.8 Å². The molecule has 0 unspecified atom stereocenters. The normalized spacial score (nSPS) is 16.8. The maximum absolute atomic E-state index is 14.1. The van der Waals surface area contributed by atoms with Crippen LogP contribution in [0.2, 0.25) is 0 Å². The number of nitrogens with two attached hydrogens (primary N) is 1. The van der Waals surface area contributed by atoms with Crippen molar-refractivity contribution in [3.63, 3.8) is 0 Å². The van der Waals surface area contributed by atoms with Crippen molar-refractivity contribution < 1.29 is 47.0 Å². The lowest BCUT2D eigenvalue weighted by Crippen LogP contribution is -2.52. The third-order valence-corrected chi connectivity index (χ3v) is 19.0. The van der Waals surface area contributed by atoms with E-state index in [-0.39, 0.29) is 59.8 Å². The van der Waals surface area contributed by atoms with Gasteiger partial charge in [-0.05, 0) is 197 Å². The number of ether oxygens (including phenoxy) is 1. The largest absolute Gasteiger partial charge is 0.465 e. The minimum absolute atomic E-state index is 0.122. The molecule has 2 aromatic heterocycles. The third kappa shape index (κ3) is 20.5. The van der Waals surface area contributed by atoms with Crippen LogP contribution in [0.3, 0.4) is 0 Å². The summed E-state index contributed by atoms with van der Waals surface area (Å²) in [6.07, 6.45) is 4.08. The van der Waals surface area contributed by atoms with Crippen molar-refractivity contribution in [1.29, 1.82) is 0 Å². The van der Waals surface area contributed by atoms with Crippen molar-refractivity contribution in [2.24, 2.45) is 29.4 Å². The van der Waals surface area contributed by atoms with Crippen LogP contribution in [0.1, 0.15) is 94.4 Å². The average Bonchev–Trinajstić information content (AvgIpc) is 0.908. The van der Waals surface area contributed by atoms with E-state index in [0.29, 0.717) is 91.3 Å². The number of halogens is 1. The van der Waals surface area contributed by atoms with Crippen molar-refractivity contribution in [2.75, 3.05) is 23.3 Å². The number of primary amides is 1. The van der Waals surface area contributed by atoms with Crippen LogP contribution in [-0.2, 0) is 53.3 Å². The summed E-state index contributed by atoms with van der Waals surface area (Å²) in [5.74, 6) is -1.04. The zero-order chi connectivity index (χ0) is 69.4. The van der Waals surface area contributed by atoms with Gasteiger partial charge in [0.25, 0.3) is 0 Å². The third-order valence-electron chi connectivity index (χ3n) is 17.1. The van der Waals surface area contributed by atoms with Gasteiger partial charge in [-0.25, -0.2) is 42.5 Å². The molecule has 510 valence electrons. The van der Waals surface area contributed by atoms with E-state index in [4.69, 9.17) is 15.6 Å². The predicted molar refractivity (Wildman–Crippen MR) is 370 cm³/mol. The minimum Gasteiger partial charge on any atom is -0.465 e. The van der Waals surface area contributed by atoms with E-state index in [9.17, 15) is 46.8 Å². The molecule has 6 aromatic carbocycles. The molecule has 27 heteroatoms. The number of nitrogens with one attached hydrogen (secondary N) is 9. The van der Waals surface area contributed by atoms with Gasteiger partial charge in [0.2, 0.25) is 33.7 Å². The number of nitrogens with zero attached hydrogens (tertiary/aromatic N) is 3. The Balaban J connectivity index is 0.000000236. The smallest absolute Gasteiger partial charge is 0.407 e. The molecule has 0 saturated heterocycles. The highest BCUT2D eigenvalue weighted by Crippen LogP contribution is 2.35. The van der Waals surface area contributed by atoms with Gasteiger partial charge in [0.05, 0.1) is 4.90 Å². The van der Waals surface area contributed by atoms with Crippen molar-refractivity contribution >= 4 is 73.1 Å². The van der Waals surface area contributed by atoms with Gasteiger partial charge >= 0.3 is 23.6 Å². The quantitative estimate of drug-likeness (QED) is 0.0284. The van der Waals surface area contributed by atoms with Crippen LogP contribution in [-0.4, -0.2) is 110 Å². The van der Waals surface area contributed by atoms with E-state index in [1.165, 1.54) is 4.90 Å². The number of carbonyl (C=O) groups excluding carboxylic acids is 5. The van der Waals surface area contributed by atoms with Crippen LogP contribution in [0.15, 0.2) is 165 Å². The lowest BCUT2D eigenvalue weighted by molar-refractivity contribution is -0.130. The summed E-state index contributed by atoms with van der Waals surface area (Å²) in [5.41, 5.74) is 11.5. The van der Waals surface area contributed by atoms with Crippen LogP contribution in [0.4, 0.5) is 21.0 Å². The molecular formula is C70H80BrN13O12S. The number of anilines is 2. The van der Waals surface area contributed by atoms with E-state index in [2.05, 4.69) is 72.3 Å². The van der Waals surface area contributed by atoms with Gasteiger partial charge in [0.15, 0.2) is 11.6 Å². The summed E-state index contributed by atoms with van der Waals surface area (Å²) in [6.45, 7) is 8.30. The first kappa shape index (κ1) is 71.3. The van der Waals surface area contributed by atoms with Crippen LogP contribution >= 0.6 is 15.9 Å². The Hall–Kier alpha value is -9.99. The minimum atomic E-state index is -3.83. The number of aryl methyl sites for hydroxylation is 1. The fourth-order valence-electron chi connectivity index (χ4n) is 12.0. The number of rotatable bonds is 23. The number of H-pyrrole nitrogens is 4. The number of aromatic amines is 4. The van der Waals surface area contributed by atoms with Crippen molar-refractivity contribution in [3.8, 4) is 33.9 Å². The summed E-state index contributed by atoms with van der Waals surface area (Å²) in [7, 11) is -3.83. The lowest BCUT2D eigenvalue weighted by atomic mass is 9.81. The molecule has 2 atom stereocenters. The van der Waals surface area contributed by atoms with Crippen LogP contribution < -0.4 is 48.0 Å². The molecule has 0 bridgehead atoms. The molecule has 2 saturated carbocycles. The molecule has 2 aliphatic carbocycles. The van der Waals surface area contributed by atoms with Gasteiger partial charge in [-0.2, -0.15) is 10.2 Å². The molecule has 0 aliphatic heterocycles. The van der Waals surface area contributed by atoms with Gasteiger partial charge in [-0.1, -0.05) is 88.7 Å². The van der Waals surface area contributed by atoms with Crippen LogP contribution in [0, 0.1) is 30.6 Å². The molecule has 25 nitrogen and oxygen atoms in total. The zero-order valence-corrected chi connectivity index (χ0v) is 56.6. The summed E-state index contributed by atoms with van der Waals surface area (Å²) in [6, 6.07) is 41.0. The van der Waals surface area contributed by atoms with Crippen molar-refractivity contribution in [2.45, 2.75) is 121 Å². The molecule has 12 N–H and O–H groups in total. The highest BCUT2D eigenvalue weighted by molar-refractivity contribution is 9.10. The fraction of sp³-hybridized carbons (Fsp3) is 0.343.